The third-order valence-electron chi connectivity index (χ3n) is 17.8. The number of anilines is 6. The lowest BCUT2D eigenvalue weighted by molar-refractivity contribution is 0.796. The van der Waals surface area contributed by atoms with E-state index in [0.29, 0.717) is 0 Å². The van der Waals surface area contributed by atoms with Gasteiger partial charge in [0.25, 0.3) is 0 Å². The van der Waals surface area contributed by atoms with Crippen LogP contribution in [0.2, 0.25) is 0 Å². The van der Waals surface area contributed by atoms with Gasteiger partial charge in [0, 0.05) is 72.7 Å². The minimum atomic E-state index is 0.909. The van der Waals surface area contributed by atoms with Gasteiger partial charge in [0.2, 0.25) is 0 Å². The van der Waals surface area contributed by atoms with Crippen LogP contribution in [0.15, 0.2) is 255 Å². The van der Waals surface area contributed by atoms with Crippen LogP contribution in [-0.2, 0) is 13.0 Å². The van der Waals surface area contributed by atoms with Crippen LogP contribution < -0.4 is 9.80 Å². The van der Waals surface area contributed by atoms with Crippen LogP contribution in [0.1, 0.15) is 27.8 Å². The van der Waals surface area contributed by atoms with Crippen molar-refractivity contribution in [3.05, 3.63) is 283 Å². The maximum atomic E-state index is 2.63. The van der Waals surface area contributed by atoms with Crippen LogP contribution in [0.5, 0.6) is 0 Å². The van der Waals surface area contributed by atoms with Crippen LogP contribution in [0.4, 0.5) is 34.1 Å². The minimum absolute atomic E-state index is 0.909. The van der Waals surface area contributed by atoms with Gasteiger partial charge < -0.3 is 18.8 Å². The van der Waals surface area contributed by atoms with Crippen LogP contribution in [-0.4, -0.2) is 8.97 Å². The molecular formula is C78H58N4. The third kappa shape index (κ3) is 7.38. The van der Waals surface area contributed by atoms with Gasteiger partial charge in [-0.25, -0.2) is 0 Å². The molecule has 0 amide bonds. The average molecular weight is 1050 g/mol. The molecule has 0 radical (unpaired) electrons. The molecule has 0 aliphatic carbocycles. The smallest absolute Gasteiger partial charge is 0.0641 e. The summed E-state index contributed by atoms with van der Waals surface area (Å²) in [5.41, 5.74) is 29.3. The van der Waals surface area contributed by atoms with Gasteiger partial charge in [-0.1, -0.05) is 200 Å². The maximum absolute atomic E-state index is 2.63. The fourth-order valence-electron chi connectivity index (χ4n) is 13.8. The number of hydrogen-bond donors (Lipinski definition) is 0. The van der Waals surface area contributed by atoms with Crippen molar-refractivity contribution in [3.63, 3.8) is 0 Å². The summed E-state index contributed by atoms with van der Waals surface area (Å²) in [7, 11) is 0. The van der Waals surface area contributed by atoms with Crippen molar-refractivity contribution in [2.45, 2.75) is 40.7 Å². The Bertz CT molecular complexity index is 4830. The van der Waals surface area contributed by atoms with E-state index in [0.717, 1.165) is 30.0 Å². The molecule has 1 aliphatic rings. The molecule has 0 spiro atoms. The van der Waals surface area contributed by atoms with E-state index in [9.17, 15) is 0 Å². The molecule has 15 aromatic rings. The summed E-state index contributed by atoms with van der Waals surface area (Å²) in [6, 6.07) is 94.8. The van der Waals surface area contributed by atoms with Crippen molar-refractivity contribution >= 4 is 94.0 Å². The number of para-hydroxylation sites is 1. The second-order valence-corrected chi connectivity index (χ2v) is 22.6. The van der Waals surface area contributed by atoms with E-state index < -0.39 is 0 Å². The first kappa shape index (κ1) is 47.8. The van der Waals surface area contributed by atoms with Gasteiger partial charge in [0.15, 0.2) is 0 Å². The van der Waals surface area contributed by atoms with E-state index in [2.05, 4.69) is 301 Å². The van der Waals surface area contributed by atoms with Gasteiger partial charge in [-0.3, -0.25) is 0 Å². The summed E-state index contributed by atoms with van der Waals surface area (Å²) >= 11 is 0. The summed E-state index contributed by atoms with van der Waals surface area (Å²) < 4.78 is 5.21. The topological polar surface area (TPSA) is 15.8 Å². The zero-order chi connectivity index (χ0) is 54.7. The molecule has 4 heteroatoms. The van der Waals surface area contributed by atoms with Gasteiger partial charge in [-0.2, -0.15) is 0 Å². The monoisotopic (exact) mass is 1050 g/mol. The normalized spacial score (nSPS) is 12.3. The first-order chi connectivity index (χ1) is 40.3. The Balaban J connectivity index is 0.920. The number of aryl methyl sites for hydroxylation is 6. The highest BCUT2D eigenvalue weighted by molar-refractivity contribution is 6.29. The fourth-order valence-corrected chi connectivity index (χ4v) is 13.8. The number of fused-ring (bicyclic) bond motifs is 9. The zero-order valence-corrected chi connectivity index (χ0v) is 46.5. The molecule has 12 aromatic carbocycles. The number of benzene rings is 12. The lowest BCUT2D eigenvalue weighted by Gasteiger charge is -2.31. The van der Waals surface area contributed by atoms with Crippen molar-refractivity contribution in [1.29, 1.82) is 0 Å². The predicted octanol–water partition coefficient (Wildman–Crippen LogP) is 21.3. The van der Waals surface area contributed by atoms with E-state index >= 15 is 0 Å². The Morgan fingerprint density at radius 2 is 0.671 bits per heavy atom. The molecule has 1 aliphatic heterocycles. The Hall–Kier alpha value is -10.2. The van der Waals surface area contributed by atoms with Crippen molar-refractivity contribution in [2.75, 3.05) is 9.80 Å². The molecule has 3 aromatic heterocycles. The molecule has 82 heavy (non-hydrogen) atoms. The van der Waals surface area contributed by atoms with Crippen LogP contribution in [0.25, 0.3) is 104 Å². The van der Waals surface area contributed by atoms with Crippen LogP contribution in [0.3, 0.4) is 0 Å². The highest BCUT2D eigenvalue weighted by Crippen LogP contribution is 2.52. The number of nitrogens with zero attached hydrogens (tertiary/aromatic N) is 4. The van der Waals surface area contributed by atoms with E-state index in [-0.39, 0.29) is 0 Å². The molecule has 0 fully saturated rings. The summed E-state index contributed by atoms with van der Waals surface area (Å²) in [6.45, 7) is 9.95. The highest BCUT2D eigenvalue weighted by Gasteiger charge is 2.31. The molecule has 0 N–H and O–H groups in total. The molecule has 0 saturated heterocycles. The number of aromatic nitrogens is 2. The fraction of sp³-hybridized carbons (Fsp3) is 0.0769. The Kier molecular flexibility index (Phi) is 10.9. The molecular weight excluding hydrogens is 993 g/mol. The van der Waals surface area contributed by atoms with Gasteiger partial charge >= 0.3 is 0 Å². The van der Waals surface area contributed by atoms with Gasteiger partial charge in [0.1, 0.15) is 0 Å². The average Bonchev–Trinajstić information content (AvgIpc) is 2.29. The van der Waals surface area contributed by atoms with E-state index in [4.69, 9.17) is 0 Å². The first-order valence-corrected chi connectivity index (χ1v) is 28.8. The molecule has 0 saturated carbocycles. The number of rotatable bonds is 10. The molecule has 4 nitrogen and oxygen atoms in total. The van der Waals surface area contributed by atoms with Crippen molar-refractivity contribution in [2.24, 2.45) is 0 Å². The third-order valence-corrected chi connectivity index (χ3v) is 17.8. The van der Waals surface area contributed by atoms with Crippen LogP contribution >= 0.6 is 0 Å². The first-order valence-electron chi connectivity index (χ1n) is 28.8. The van der Waals surface area contributed by atoms with Gasteiger partial charge in [-0.15, -0.1) is 0 Å². The summed E-state index contributed by atoms with van der Waals surface area (Å²) in [5, 5.41) is 7.63. The second-order valence-electron chi connectivity index (χ2n) is 22.6. The second kappa shape index (κ2) is 18.7. The van der Waals surface area contributed by atoms with Crippen molar-refractivity contribution in [1.82, 2.24) is 8.97 Å². The largest absolute Gasteiger partial charge is 0.340 e. The molecule has 0 bridgehead atoms. The highest BCUT2D eigenvalue weighted by atomic mass is 15.2. The van der Waals surface area contributed by atoms with Crippen molar-refractivity contribution < 1.29 is 0 Å². The molecule has 4 heterocycles. The Labute approximate surface area is 478 Å². The standard InChI is InChI=1S/C78H58N4/c1-49-29-33-57(53-19-9-5-10-20-53)43-70(49)80(71-44-58(34-30-50(71)2)54-21-11-6-12-22-54)68-39-37-61-65-48-75-66(47-74(65)79-42-41-64(68)77(61)79)62-38-40-69(76-63-27-17-18-28-67(63)82(75)78(62)76)81(72-45-59(35-31-51(72)3)55-23-13-7-14-24-55)73-46-60(36-32-52(73)4)56-25-15-8-16-26-56/h5-40,43-48H,41-42H2,1-4H3. The van der Waals surface area contributed by atoms with E-state index in [1.54, 1.807) is 0 Å². The molecule has 0 unspecified atom stereocenters. The molecule has 16 rings (SSSR count). The SMILES string of the molecule is Cc1ccc(-c2ccccc2)cc1N(c1cc(-c2ccccc2)ccc1C)c1ccc2c3cc4c(cc3n3c2c1CC3)c1ccc(N(c2cc(-c3ccccc3)ccc2C)c2cc(-c3ccccc3)ccc2C)c2c3ccccc3n4c12. The predicted molar refractivity (Wildman–Crippen MR) is 348 cm³/mol. The summed E-state index contributed by atoms with van der Waals surface area (Å²) in [6.07, 6.45) is 0.940. The van der Waals surface area contributed by atoms with Gasteiger partial charge in [0.05, 0.1) is 33.4 Å². The van der Waals surface area contributed by atoms with Crippen molar-refractivity contribution in [3.8, 4) is 44.5 Å². The Morgan fingerprint density at radius 3 is 1.15 bits per heavy atom. The summed E-state index contributed by atoms with van der Waals surface area (Å²) in [5.74, 6) is 0. The number of hydrogen-bond acceptors (Lipinski definition) is 2. The van der Waals surface area contributed by atoms with E-state index in [1.165, 1.54) is 149 Å². The summed E-state index contributed by atoms with van der Waals surface area (Å²) in [4.78, 5) is 5.13. The molecule has 0 atom stereocenters. The zero-order valence-electron chi connectivity index (χ0n) is 46.5. The minimum Gasteiger partial charge on any atom is -0.340 e. The van der Waals surface area contributed by atoms with E-state index in [1.807, 2.05) is 0 Å². The molecule has 390 valence electrons. The maximum Gasteiger partial charge on any atom is 0.0641 e. The lowest BCUT2D eigenvalue weighted by Crippen LogP contribution is -2.15. The Morgan fingerprint density at radius 1 is 0.280 bits per heavy atom. The lowest BCUT2D eigenvalue weighted by atomic mass is 9.97. The van der Waals surface area contributed by atoms with Crippen LogP contribution in [0, 0.1) is 27.7 Å². The van der Waals surface area contributed by atoms with Gasteiger partial charge in [-0.05, 0) is 155 Å². The quantitative estimate of drug-likeness (QED) is 0.136.